The van der Waals surface area contributed by atoms with Gasteiger partial charge < -0.3 is 11.5 Å². The van der Waals surface area contributed by atoms with E-state index in [1.165, 1.54) is 0 Å². The highest BCUT2D eigenvalue weighted by Crippen LogP contribution is 2.29. The molecular weight excluding hydrogens is 377 g/mol. The van der Waals surface area contributed by atoms with Crippen LogP contribution in [-0.4, -0.2) is 27.1 Å². The minimum absolute atomic E-state index is 0.0316. The highest BCUT2D eigenvalue weighted by molar-refractivity contribution is 6.37. The third-order valence-corrected chi connectivity index (χ3v) is 4.41. The lowest BCUT2D eigenvalue weighted by molar-refractivity contribution is 0.0993. The number of halogens is 2. The molecule has 3 aromatic rings. The summed E-state index contributed by atoms with van der Waals surface area (Å²) in [5.74, 6) is -0.997. The van der Waals surface area contributed by atoms with Gasteiger partial charge in [-0.15, -0.1) is 0 Å². The van der Waals surface area contributed by atoms with E-state index in [9.17, 15) is 9.59 Å². The van der Waals surface area contributed by atoms with Gasteiger partial charge in [0.2, 0.25) is 0 Å². The summed E-state index contributed by atoms with van der Waals surface area (Å²) in [4.78, 5) is 24.1. The van der Waals surface area contributed by atoms with Crippen LogP contribution in [0.15, 0.2) is 36.4 Å². The Labute approximate surface area is 158 Å². The fraction of sp³-hybridized carbons (Fsp3) is 0.0588. The van der Waals surface area contributed by atoms with Crippen LogP contribution in [-0.2, 0) is 6.42 Å². The number of nitrogens with zero attached hydrogens (tertiary/aromatic N) is 2. The van der Waals surface area contributed by atoms with Crippen LogP contribution in [0.25, 0.3) is 0 Å². The molecule has 1 heterocycles. The van der Waals surface area contributed by atoms with Crippen LogP contribution < -0.4 is 11.5 Å². The zero-order valence-electron chi connectivity index (χ0n) is 13.3. The molecular formula is C17H13Cl2N5O2. The minimum Gasteiger partial charge on any atom is -0.397 e. The van der Waals surface area contributed by atoms with E-state index in [2.05, 4.69) is 15.4 Å². The van der Waals surface area contributed by atoms with E-state index in [0.717, 1.165) is 0 Å². The number of amides is 1. The molecule has 0 radical (unpaired) electrons. The largest absolute Gasteiger partial charge is 0.397 e. The van der Waals surface area contributed by atoms with Gasteiger partial charge in [0.25, 0.3) is 5.91 Å². The zero-order valence-corrected chi connectivity index (χ0v) is 14.8. The summed E-state index contributed by atoms with van der Waals surface area (Å²) in [6, 6.07) is 9.66. The number of hydrogen-bond acceptors (Lipinski definition) is 5. The molecule has 0 bridgehead atoms. The molecule has 5 N–H and O–H groups in total. The van der Waals surface area contributed by atoms with Crippen molar-refractivity contribution < 1.29 is 9.59 Å². The molecule has 132 valence electrons. The molecule has 0 saturated heterocycles. The molecule has 0 fully saturated rings. The Balaban J connectivity index is 1.99. The highest BCUT2D eigenvalue weighted by atomic mass is 35.5. The normalized spacial score (nSPS) is 10.7. The number of carbonyl (C=O) groups excluding carboxylic acids is 2. The van der Waals surface area contributed by atoms with Crippen LogP contribution in [0.1, 0.15) is 37.7 Å². The number of carbonyl (C=O) groups is 2. The van der Waals surface area contributed by atoms with Crippen LogP contribution in [0.5, 0.6) is 0 Å². The lowest BCUT2D eigenvalue weighted by Gasteiger charge is -2.10. The van der Waals surface area contributed by atoms with E-state index >= 15 is 0 Å². The molecule has 26 heavy (non-hydrogen) atoms. The van der Waals surface area contributed by atoms with Crippen molar-refractivity contribution in [2.45, 2.75) is 6.42 Å². The Morgan fingerprint density at radius 2 is 1.77 bits per heavy atom. The zero-order chi connectivity index (χ0) is 18.8. The second-order valence-corrected chi connectivity index (χ2v) is 6.36. The third kappa shape index (κ3) is 3.54. The van der Waals surface area contributed by atoms with E-state index < -0.39 is 5.91 Å². The van der Waals surface area contributed by atoms with E-state index in [1.807, 2.05) is 0 Å². The number of nitrogens with two attached hydrogens (primary N) is 2. The van der Waals surface area contributed by atoms with Gasteiger partial charge in [0, 0.05) is 22.6 Å². The Hall–Kier alpha value is -2.90. The van der Waals surface area contributed by atoms with Crippen molar-refractivity contribution >= 4 is 40.6 Å². The van der Waals surface area contributed by atoms with E-state index in [1.54, 1.807) is 36.4 Å². The van der Waals surface area contributed by atoms with Gasteiger partial charge in [0.05, 0.1) is 16.4 Å². The average molecular weight is 390 g/mol. The smallest absolute Gasteiger partial charge is 0.271 e. The number of nitrogens with one attached hydrogen (secondary N) is 1. The molecule has 0 aliphatic carbocycles. The van der Waals surface area contributed by atoms with Crippen molar-refractivity contribution in [2.75, 3.05) is 5.73 Å². The molecule has 0 aliphatic heterocycles. The molecule has 0 unspecified atom stereocenters. The first kappa shape index (κ1) is 17.9. The maximum Gasteiger partial charge on any atom is 0.271 e. The predicted molar refractivity (Wildman–Crippen MR) is 98.5 cm³/mol. The highest BCUT2D eigenvalue weighted by Gasteiger charge is 2.19. The number of nitrogen functional groups attached to an aromatic ring is 1. The molecule has 9 heteroatoms. The predicted octanol–water partition coefficient (Wildman–Crippen LogP) is 2.61. The van der Waals surface area contributed by atoms with Crippen molar-refractivity contribution in [2.24, 2.45) is 5.73 Å². The number of benzene rings is 2. The molecule has 0 aliphatic rings. The Kier molecular flexibility index (Phi) is 4.92. The Bertz CT molecular complexity index is 999. The van der Waals surface area contributed by atoms with Gasteiger partial charge in [0.15, 0.2) is 11.5 Å². The SMILES string of the molecule is NC(=O)c1n[nH]nc1Cc1cc(N)c(Cl)c(C(=O)c2ccc(Cl)cc2)c1. The lowest BCUT2D eigenvalue weighted by Crippen LogP contribution is -2.14. The average Bonchev–Trinajstić information content (AvgIpc) is 3.06. The monoisotopic (exact) mass is 389 g/mol. The van der Waals surface area contributed by atoms with Crippen LogP contribution >= 0.6 is 23.2 Å². The van der Waals surface area contributed by atoms with Gasteiger partial charge in [-0.05, 0) is 42.0 Å². The molecule has 0 atom stereocenters. The molecule has 1 aromatic heterocycles. The standard InChI is InChI=1S/C17H13Cl2N5O2/c18-10-3-1-9(2-4-10)16(25)11-5-8(6-12(20)14(11)19)7-13-15(17(21)26)23-24-22-13/h1-6H,7,20H2,(H2,21,26)(H,22,23,24). The fourth-order valence-corrected chi connectivity index (χ4v) is 2.82. The topological polar surface area (TPSA) is 128 Å². The number of anilines is 1. The van der Waals surface area contributed by atoms with Gasteiger partial charge >= 0.3 is 0 Å². The second kappa shape index (κ2) is 7.15. The van der Waals surface area contributed by atoms with E-state index in [-0.39, 0.29) is 34.2 Å². The number of rotatable bonds is 5. The molecule has 1 amide bonds. The van der Waals surface area contributed by atoms with E-state index in [0.29, 0.717) is 21.8 Å². The molecule has 0 saturated carbocycles. The number of aromatic amines is 1. The van der Waals surface area contributed by atoms with Crippen molar-refractivity contribution in [3.63, 3.8) is 0 Å². The number of hydrogen-bond donors (Lipinski definition) is 3. The van der Waals surface area contributed by atoms with Gasteiger partial charge in [-0.1, -0.05) is 23.2 Å². The summed E-state index contributed by atoms with van der Waals surface area (Å²) in [7, 11) is 0. The fourth-order valence-electron chi connectivity index (χ4n) is 2.50. The minimum atomic E-state index is -0.701. The van der Waals surface area contributed by atoms with E-state index in [4.69, 9.17) is 34.7 Å². The van der Waals surface area contributed by atoms with Gasteiger partial charge in [-0.2, -0.15) is 15.4 Å². The molecule has 2 aromatic carbocycles. The maximum atomic E-state index is 12.8. The third-order valence-electron chi connectivity index (χ3n) is 3.74. The first-order valence-electron chi connectivity index (χ1n) is 7.44. The maximum absolute atomic E-state index is 12.8. The first-order chi connectivity index (χ1) is 12.4. The van der Waals surface area contributed by atoms with Crippen molar-refractivity contribution in [3.05, 3.63) is 74.5 Å². The van der Waals surface area contributed by atoms with Gasteiger partial charge in [-0.3, -0.25) is 9.59 Å². The summed E-state index contributed by atoms with van der Waals surface area (Å²) in [5, 5.41) is 10.7. The number of H-pyrrole nitrogens is 1. The Morgan fingerprint density at radius 3 is 2.42 bits per heavy atom. The number of ketones is 1. The van der Waals surface area contributed by atoms with Crippen LogP contribution in [0.4, 0.5) is 5.69 Å². The van der Waals surface area contributed by atoms with Gasteiger partial charge in [0.1, 0.15) is 0 Å². The number of primary amides is 1. The van der Waals surface area contributed by atoms with Crippen molar-refractivity contribution in [1.82, 2.24) is 15.4 Å². The van der Waals surface area contributed by atoms with Crippen LogP contribution in [0.3, 0.4) is 0 Å². The van der Waals surface area contributed by atoms with Crippen molar-refractivity contribution in [3.8, 4) is 0 Å². The summed E-state index contributed by atoms with van der Waals surface area (Å²) < 4.78 is 0. The molecule has 3 rings (SSSR count). The molecule has 7 nitrogen and oxygen atoms in total. The summed E-state index contributed by atoms with van der Waals surface area (Å²) >= 11 is 12.1. The van der Waals surface area contributed by atoms with Crippen LogP contribution in [0.2, 0.25) is 10.0 Å². The molecule has 0 spiro atoms. The van der Waals surface area contributed by atoms with Gasteiger partial charge in [-0.25, -0.2) is 0 Å². The lowest BCUT2D eigenvalue weighted by atomic mass is 9.98. The Morgan fingerprint density at radius 1 is 1.08 bits per heavy atom. The second-order valence-electron chi connectivity index (χ2n) is 5.54. The summed E-state index contributed by atoms with van der Waals surface area (Å²) in [6.07, 6.45) is 0.205. The van der Waals surface area contributed by atoms with Crippen molar-refractivity contribution in [1.29, 1.82) is 0 Å². The number of aromatic nitrogens is 3. The summed E-state index contributed by atoms with van der Waals surface area (Å²) in [5.41, 5.74) is 13.1. The first-order valence-corrected chi connectivity index (χ1v) is 8.20. The quantitative estimate of drug-likeness (QED) is 0.456. The summed E-state index contributed by atoms with van der Waals surface area (Å²) in [6.45, 7) is 0. The van der Waals surface area contributed by atoms with Crippen LogP contribution in [0, 0.1) is 0 Å².